The number of aliphatic imine (C=N–C) groups is 1. The quantitative estimate of drug-likeness (QED) is 0.297. The molecule has 8 nitrogen and oxygen atoms in total. The van der Waals surface area contributed by atoms with Gasteiger partial charge in [0.1, 0.15) is 0 Å². The lowest BCUT2D eigenvalue weighted by molar-refractivity contribution is -0.384. The molecule has 0 aliphatic heterocycles. The summed E-state index contributed by atoms with van der Waals surface area (Å²) >= 11 is 5.90. The number of benzene rings is 2. The van der Waals surface area contributed by atoms with Gasteiger partial charge in [-0.2, -0.15) is 0 Å². The van der Waals surface area contributed by atoms with Crippen LogP contribution in [-0.2, 0) is 17.8 Å². The van der Waals surface area contributed by atoms with Crippen molar-refractivity contribution < 1.29 is 9.72 Å². The zero-order valence-corrected chi connectivity index (χ0v) is 17.1. The molecule has 9 heteroatoms. The highest BCUT2D eigenvalue weighted by Gasteiger charge is 2.07. The maximum atomic E-state index is 11.9. The maximum Gasteiger partial charge on any atom is 0.269 e. The fourth-order valence-electron chi connectivity index (χ4n) is 2.36. The normalized spacial score (nSPS) is 11.1. The molecule has 0 aliphatic carbocycles. The molecule has 0 fully saturated rings. The van der Waals surface area contributed by atoms with E-state index in [0.717, 1.165) is 17.5 Å². The van der Waals surface area contributed by atoms with Gasteiger partial charge < -0.3 is 15.5 Å². The van der Waals surface area contributed by atoms with Crippen LogP contribution in [0.2, 0.25) is 5.02 Å². The fraction of sp³-hybridized carbons (Fsp3) is 0.300. The van der Waals surface area contributed by atoms with Crippen LogP contribution in [0.25, 0.3) is 0 Å². The molecule has 0 bridgehead atoms. The van der Waals surface area contributed by atoms with Crippen molar-refractivity contribution in [3.05, 3.63) is 74.8 Å². The average Bonchev–Trinajstić information content (AvgIpc) is 2.71. The first kappa shape index (κ1) is 22.2. The summed E-state index contributed by atoms with van der Waals surface area (Å²) < 4.78 is 0. The van der Waals surface area contributed by atoms with Gasteiger partial charge in [0.2, 0.25) is 5.91 Å². The van der Waals surface area contributed by atoms with E-state index < -0.39 is 4.92 Å². The van der Waals surface area contributed by atoms with E-state index in [9.17, 15) is 14.9 Å². The number of nitro groups is 1. The summed E-state index contributed by atoms with van der Waals surface area (Å²) in [5, 5.41) is 17.7. The number of nitro benzene ring substituents is 1. The van der Waals surface area contributed by atoms with Crippen LogP contribution in [0, 0.1) is 10.1 Å². The third-order valence-electron chi connectivity index (χ3n) is 4.09. The molecule has 0 radical (unpaired) electrons. The number of rotatable bonds is 8. The molecule has 0 atom stereocenters. The van der Waals surface area contributed by atoms with E-state index in [0.29, 0.717) is 24.1 Å². The number of hydrogen-bond donors (Lipinski definition) is 2. The van der Waals surface area contributed by atoms with Crippen molar-refractivity contribution in [1.29, 1.82) is 0 Å². The van der Waals surface area contributed by atoms with Gasteiger partial charge in [-0.05, 0) is 29.7 Å². The highest BCUT2D eigenvalue weighted by atomic mass is 35.5. The molecule has 0 aliphatic rings. The number of nitrogens with one attached hydrogen (secondary N) is 2. The highest BCUT2D eigenvalue weighted by molar-refractivity contribution is 6.30. The Morgan fingerprint density at radius 3 is 2.28 bits per heavy atom. The van der Waals surface area contributed by atoms with E-state index in [4.69, 9.17) is 11.6 Å². The smallest absolute Gasteiger partial charge is 0.269 e. The van der Waals surface area contributed by atoms with E-state index in [2.05, 4.69) is 15.6 Å². The molecule has 154 valence electrons. The zero-order chi connectivity index (χ0) is 21.2. The number of likely N-dealkylation sites (N-methyl/N-ethyl adjacent to an activating group) is 1. The van der Waals surface area contributed by atoms with Crippen molar-refractivity contribution in [2.75, 3.05) is 27.2 Å². The number of amides is 1. The number of guanidine groups is 1. The largest absolute Gasteiger partial charge is 0.356 e. The van der Waals surface area contributed by atoms with Crippen LogP contribution < -0.4 is 10.6 Å². The van der Waals surface area contributed by atoms with Gasteiger partial charge in [-0.25, -0.2) is 4.99 Å². The molecule has 0 spiro atoms. The number of non-ortho nitro benzene ring substituents is 1. The van der Waals surface area contributed by atoms with Gasteiger partial charge in [-0.1, -0.05) is 35.9 Å². The first-order valence-electron chi connectivity index (χ1n) is 9.05. The van der Waals surface area contributed by atoms with Crippen LogP contribution in [0.3, 0.4) is 0 Å². The molecule has 0 saturated carbocycles. The molecule has 2 rings (SSSR count). The van der Waals surface area contributed by atoms with E-state index in [1.54, 1.807) is 26.2 Å². The van der Waals surface area contributed by atoms with Gasteiger partial charge >= 0.3 is 0 Å². The number of nitrogens with zero attached hydrogens (tertiary/aromatic N) is 3. The number of carbonyl (C=O) groups is 1. The van der Waals surface area contributed by atoms with Crippen LogP contribution in [-0.4, -0.2) is 48.9 Å². The minimum absolute atomic E-state index is 0.0359. The van der Waals surface area contributed by atoms with Crippen molar-refractivity contribution >= 4 is 29.2 Å². The molecule has 29 heavy (non-hydrogen) atoms. The van der Waals surface area contributed by atoms with Crippen molar-refractivity contribution in [3.8, 4) is 0 Å². The van der Waals surface area contributed by atoms with Crippen LogP contribution in [0.5, 0.6) is 0 Å². The van der Waals surface area contributed by atoms with Crippen molar-refractivity contribution in [1.82, 2.24) is 15.5 Å². The van der Waals surface area contributed by atoms with Crippen molar-refractivity contribution in [2.45, 2.75) is 13.0 Å². The minimum atomic E-state index is -0.439. The third-order valence-corrected chi connectivity index (χ3v) is 4.34. The molecular formula is C20H24ClN5O3. The van der Waals surface area contributed by atoms with Gasteiger partial charge in [0, 0.05) is 37.8 Å². The van der Waals surface area contributed by atoms with E-state index in [-0.39, 0.29) is 18.1 Å². The fourth-order valence-corrected chi connectivity index (χ4v) is 2.49. The molecule has 0 aromatic heterocycles. The Morgan fingerprint density at radius 1 is 1.07 bits per heavy atom. The first-order chi connectivity index (χ1) is 13.8. The van der Waals surface area contributed by atoms with Crippen LogP contribution in [0.1, 0.15) is 11.1 Å². The van der Waals surface area contributed by atoms with Crippen molar-refractivity contribution in [3.63, 3.8) is 0 Å². The maximum absolute atomic E-state index is 11.9. The Bertz CT molecular complexity index is 851. The lowest BCUT2D eigenvalue weighted by Crippen LogP contribution is -2.43. The summed E-state index contributed by atoms with van der Waals surface area (Å²) in [4.78, 5) is 28.1. The highest BCUT2D eigenvalue weighted by Crippen LogP contribution is 2.12. The summed E-state index contributed by atoms with van der Waals surface area (Å²) in [6.45, 7) is 1.05. The van der Waals surface area contributed by atoms with Gasteiger partial charge in [0.05, 0.1) is 18.0 Å². The van der Waals surface area contributed by atoms with Crippen LogP contribution in [0.15, 0.2) is 53.5 Å². The van der Waals surface area contributed by atoms with E-state index in [1.165, 1.54) is 17.0 Å². The minimum Gasteiger partial charge on any atom is -0.356 e. The molecule has 0 saturated heterocycles. The Balaban J connectivity index is 1.98. The second-order valence-corrected chi connectivity index (χ2v) is 6.97. The molecule has 1 amide bonds. The molecule has 2 aromatic carbocycles. The summed E-state index contributed by atoms with van der Waals surface area (Å²) in [5.74, 6) is 0.417. The lowest BCUT2D eigenvalue weighted by atomic mass is 10.1. The Kier molecular flexibility index (Phi) is 8.42. The monoisotopic (exact) mass is 417 g/mol. The molecule has 0 unspecified atom stereocenters. The summed E-state index contributed by atoms with van der Waals surface area (Å²) in [7, 11) is 3.37. The molecule has 2 aromatic rings. The second kappa shape index (κ2) is 11.0. The van der Waals surface area contributed by atoms with Gasteiger partial charge in [0.15, 0.2) is 5.96 Å². The average molecular weight is 418 g/mol. The number of carbonyl (C=O) groups excluding carboxylic acids is 1. The van der Waals surface area contributed by atoms with Crippen molar-refractivity contribution in [2.24, 2.45) is 4.99 Å². The predicted octanol–water partition coefficient (Wildman–Crippen LogP) is 2.61. The summed E-state index contributed by atoms with van der Waals surface area (Å²) in [6, 6.07) is 13.8. The van der Waals surface area contributed by atoms with Gasteiger partial charge in [0.25, 0.3) is 5.69 Å². The topological polar surface area (TPSA) is 99.9 Å². The number of halogens is 1. The summed E-state index contributed by atoms with van der Waals surface area (Å²) in [5.41, 5.74) is 1.99. The van der Waals surface area contributed by atoms with E-state index in [1.807, 2.05) is 24.3 Å². The van der Waals surface area contributed by atoms with Crippen LogP contribution >= 0.6 is 11.6 Å². The molecule has 0 heterocycles. The lowest BCUT2D eigenvalue weighted by Gasteiger charge is -2.15. The summed E-state index contributed by atoms with van der Waals surface area (Å²) in [6.07, 6.45) is 0.761. The van der Waals surface area contributed by atoms with Gasteiger partial charge in [-0.15, -0.1) is 0 Å². The standard InChI is InChI=1S/C20H24ClN5O3/c1-25(2)19(27)14-24-20(22-12-11-15-3-7-17(21)8-4-15)23-13-16-5-9-18(10-6-16)26(28)29/h3-10H,11-14H2,1-2H3,(H2,22,23,24). The Morgan fingerprint density at radius 2 is 1.69 bits per heavy atom. The molecular weight excluding hydrogens is 394 g/mol. The van der Waals surface area contributed by atoms with Gasteiger partial charge in [-0.3, -0.25) is 14.9 Å². The SMILES string of the molecule is CN(C)C(=O)CNC(=NCc1ccc([N+](=O)[O-])cc1)NCCc1ccc(Cl)cc1. The Hall–Kier alpha value is -3.13. The Labute approximate surface area is 174 Å². The zero-order valence-electron chi connectivity index (χ0n) is 16.4. The second-order valence-electron chi connectivity index (χ2n) is 6.53. The predicted molar refractivity (Wildman–Crippen MR) is 114 cm³/mol. The molecule has 2 N–H and O–H groups in total. The third kappa shape index (κ3) is 7.79. The van der Waals surface area contributed by atoms with E-state index >= 15 is 0 Å². The number of hydrogen-bond acceptors (Lipinski definition) is 4. The first-order valence-corrected chi connectivity index (χ1v) is 9.43. The van der Waals surface area contributed by atoms with Crippen LogP contribution in [0.4, 0.5) is 5.69 Å².